The zero-order valence-electron chi connectivity index (χ0n) is 10.8. The molecule has 21 heavy (non-hydrogen) atoms. The largest absolute Gasteiger partial charge is 0.478 e. The molecule has 8 heteroatoms. The Kier molecular flexibility index (Phi) is 4.15. The number of pyridine rings is 1. The number of hydrogen-bond acceptors (Lipinski definition) is 5. The van der Waals surface area contributed by atoms with Crippen LogP contribution in [0.2, 0.25) is 5.02 Å². The minimum Gasteiger partial charge on any atom is -0.478 e. The lowest BCUT2D eigenvalue weighted by atomic mass is 10.2. The molecule has 1 heterocycles. The molecule has 0 aliphatic carbocycles. The van der Waals surface area contributed by atoms with Gasteiger partial charge in [-0.2, -0.15) is 0 Å². The summed E-state index contributed by atoms with van der Waals surface area (Å²) in [6, 6.07) is 6.87. The van der Waals surface area contributed by atoms with Gasteiger partial charge in [-0.1, -0.05) is 11.6 Å². The van der Waals surface area contributed by atoms with E-state index in [1.54, 1.807) is 0 Å². The van der Waals surface area contributed by atoms with Crippen LogP contribution in [-0.2, 0) is 9.84 Å². The SMILES string of the molecule is CS(=O)(=O)c1ccc(Oc2cc(C(=O)O)c(Cl)cn2)cc1. The van der Waals surface area contributed by atoms with Crippen LogP contribution < -0.4 is 4.74 Å². The van der Waals surface area contributed by atoms with Gasteiger partial charge < -0.3 is 9.84 Å². The molecule has 0 aliphatic rings. The van der Waals surface area contributed by atoms with Crippen molar-refractivity contribution in [2.24, 2.45) is 0 Å². The number of rotatable bonds is 4. The molecule has 0 atom stereocenters. The Balaban J connectivity index is 2.26. The zero-order valence-corrected chi connectivity index (χ0v) is 12.4. The molecular formula is C13H10ClNO5S. The quantitative estimate of drug-likeness (QED) is 0.927. The average molecular weight is 328 g/mol. The van der Waals surface area contributed by atoms with Gasteiger partial charge in [0, 0.05) is 12.3 Å². The molecule has 1 aromatic heterocycles. The van der Waals surface area contributed by atoms with E-state index in [4.69, 9.17) is 21.4 Å². The van der Waals surface area contributed by atoms with Gasteiger partial charge in [0.2, 0.25) is 5.88 Å². The fraction of sp³-hybridized carbons (Fsp3) is 0.0769. The standard InChI is InChI=1S/C13H10ClNO5S/c1-21(18,19)9-4-2-8(3-5-9)20-12-6-10(13(16)17)11(14)7-15-12/h2-7H,1H3,(H,16,17). The predicted octanol–water partition coefficient (Wildman–Crippen LogP) is 2.63. The van der Waals surface area contributed by atoms with Crippen LogP contribution in [0.25, 0.3) is 0 Å². The van der Waals surface area contributed by atoms with Gasteiger partial charge in [-0.25, -0.2) is 18.2 Å². The Morgan fingerprint density at radius 1 is 1.29 bits per heavy atom. The van der Waals surface area contributed by atoms with Crippen LogP contribution in [-0.4, -0.2) is 30.7 Å². The van der Waals surface area contributed by atoms with Crippen molar-refractivity contribution in [3.8, 4) is 11.6 Å². The second-order valence-electron chi connectivity index (χ2n) is 4.15. The minimum absolute atomic E-state index is 0.00211. The van der Waals surface area contributed by atoms with Crippen LogP contribution in [0.5, 0.6) is 11.6 Å². The lowest BCUT2D eigenvalue weighted by Gasteiger charge is -2.07. The van der Waals surface area contributed by atoms with E-state index in [-0.39, 0.29) is 21.4 Å². The van der Waals surface area contributed by atoms with Crippen LogP contribution in [0.3, 0.4) is 0 Å². The summed E-state index contributed by atoms with van der Waals surface area (Å²) >= 11 is 5.70. The van der Waals surface area contributed by atoms with Crippen LogP contribution in [0.15, 0.2) is 41.4 Å². The molecule has 0 spiro atoms. The molecule has 0 unspecified atom stereocenters. The van der Waals surface area contributed by atoms with Gasteiger partial charge in [0.15, 0.2) is 9.84 Å². The number of aromatic carboxylic acids is 1. The molecule has 0 saturated carbocycles. The molecule has 110 valence electrons. The summed E-state index contributed by atoms with van der Waals surface area (Å²) < 4.78 is 28.0. The van der Waals surface area contributed by atoms with Gasteiger partial charge in [0.05, 0.1) is 21.7 Å². The first-order chi connectivity index (χ1) is 9.77. The number of ether oxygens (including phenoxy) is 1. The highest BCUT2D eigenvalue weighted by Crippen LogP contribution is 2.24. The molecule has 0 saturated heterocycles. The Hall–Kier alpha value is -2.12. The van der Waals surface area contributed by atoms with Crippen molar-refractivity contribution in [2.75, 3.05) is 6.26 Å². The highest BCUT2D eigenvalue weighted by Gasteiger charge is 2.12. The topological polar surface area (TPSA) is 93.6 Å². The van der Waals surface area contributed by atoms with Crippen LogP contribution in [0, 0.1) is 0 Å². The Morgan fingerprint density at radius 3 is 2.43 bits per heavy atom. The van der Waals surface area contributed by atoms with Gasteiger partial charge >= 0.3 is 5.97 Å². The first-order valence-electron chi connectivity index (χ1n) is 5.64. The van der Waals surface area contributed by atoms with Crippen molar-refractivity contribution < 1.29 is 23.1 Å². The third-order valence-corrected chi connectivity index (χ3v) is 3.96. The average Bonchev–Trinajstić information content (AvgIpc) is 2.40. The van der Waals surface area contributed by atoms with Crippen molar-refractivity contribution in [3.05, 3.63) is 47.1 Å². The maximum absolute atomic E-state index is 11.3. The number of hydrogen-bond donors (Lipinski definition) is 1. The second-order valence-corrected chi connectivity index (χ2v) is 6.58. The van der Waals surface area contributed by atoms with E-state index in [0.29, 0.717) is 5.75 Å². The normalized spacial score (nSPS) is 11.1. The van der Waals surface area contributed by atoms with Crippen molar-refractivity contribution in [2.45, 2.75) is 4.90 Å². The molecule has 2 aromatic rings. The summed E-state index contributed by atoms with van der Waals surface area (Å²) in [7, 11) is -3.28. The molecule has 6 nitrogen and oxygen atoms in total. The van der Waals surface area contributed by atoms with Gasteiger partial charge in [-0.05, 0) is 24.3 Å². The van der Waals surface area contributed by atoms with E-state index >= 15 is 0 Å². The van der Waals surface area contributed by atoms with E-state index < -0.39 is 15.8 Å². The highest BCUT2D eigenvalue weighted by atomic mass is 35.5. The van der Waals surface area contributed by atoms with Crippen molar-refractivity contribution >= 4 is 27.4 Å². The van der Waals surface area contributed by atoms with Crippen LogP contribution in [0.4, 0.5) is 0 Å². The van der Waals surface area contributed by atoms with Gasteiger partial charge in [-0.3, -0.25) is 0 Å². The molecule has 0 amide bonds. The van der Waals surface area contributed by atoms with Gasteiger partial charge in [0.25, 0.3) is 0 Å². The fourth-order valence-electron chi connectivity index (χ4n) is 1.51. The number of benzene rings is 1. The smallest absolute Gasteiger partial charge is 0.337 e. The number of aromatic nitrogens is 1. The fourth-order valence-corrected chi connectivity index (χ4v) is 2.33. The summed E-state index contributed by atoms with van der Waals surface area (Å²) in [6.07, 6.45) is 2.27. The summed E-state index contributed by atoms with van der Waals surface area (Å²) in [5.41, 5.74) is -0.130. The van der Waals surface area contributed by atoms with E-state index in [9.17, 15) is 13.2 Å². The highest BCUT2D eigenvalue weighted by molar-refractivity contribution is 7.90. The summed E-state index contributed by atoms with van der Waals surface area (Å²) in [6.45, 7) is 0. The Labute approximate surface area is 125 Å². The number of sulfone groups is 1. The number of carboxylic acid groups (broad SMARTS) is 1. The third kappa shape index (κ3) is 3.71. The molecule has 0 fully saturated rings. The lowest BCUT2D eigenvalue weighted by Crippen LogP contribution is -2.00. The van der Waals surface area contributed by atoms with Gasteiger partial charge in [0.1, 0.15) is 5.75 Å². The number of carbonyl (C=O) groups is 1. The monoisotopic (exact) mass is 327 g/mol. The minimum atomic E-state index is -3.28. The van der Waals surface area contributed by atoms with Crippen molar-refractivity contribution in [3.63, 3.8) is 0 Å². The maximum atomic E-state index is 11.3. The Bertz CT molecular complexity index is 787. The Morgan fingerprint density at radius 2 is 1.90 bits per heavy atom. The summed E-state index contributed by atoms with van der Waals surface area (Å²) in [5.74, 6) is -0.822. The van der Waals surface area contributed by atoms with Crippen molar-refractivity contribution in [1.82, 2.24) is 4.98 Å². The summed E-state index contributed by atoms with van der Waals surface area (Å²) in [5, 5.41) is 8.95. The molecule has 2 rings (SSSR count). The third-order valence-electron chi connectivity index (χ3n) is 2.53. The molecule has 0 aliphatic heterocycles. The van der Waals surface area contributed by atoms with Crippen LogP contribution >= 0.6 is 11.6 Å². The lowest BCUT2D eigenvalue weighted by molar-refractivity contribution is 0.0696. The maximum Gasteiger partial charge on any atom is 0.337 e. The van der Waals surface area contributed by atoms with Crippen molar-refractivity contribution in [1.29, 1.82) is 0 Å². The summed E-state index contributed by atoms with van der Waals surface area (Å²) in [4.78, 5) is 15.0. The first kappa shape index (κ1) is 15.3. The first-order valence-corrected chi connectivity index (χ1v) is 7.91. The van der Waals surface area contributed by atoms with Crippen LogP contribution in [0.1, 0.15) is 10.4 Å². The van der Waals surface area contributed by atoms with E-state index in [0.717, 1.165) is 6.26 Å². The zero-order chi connectivity index (χ0) is 15.6. The van der Waals surface area contributed by atoms with E-state index in [1.165, 1.54) is 36.5 Å². The molecular weight excluding hydrogens is 318 g/mol. The van der Waals surface area contributed by atoms with Gasteiger partial charge in [-0.15, -0.1) is 0 Å². The molecule has 1 N–H and O–H groups in total. The predicted molar refractivity (Wildman–Crippen MR) is 75.8 cm³/mol. The van der Waals surface area contributed by atoms with E-state index in [2.05, 4.69) is 4.98 Å². The number of carboxylic acids is 1. The molecule has 1 aromatic carbocycles. The van der Waals surface area contributed by atoms with E-state index in [1.807, 2.05) is 0 Å². The number of nitrogens with zero attached hydrogens (tertiary/aromatic N) is 1. The second kappa shape index (κ2) is 5.71. The number of halogens is 1. The molecule has 0 radical (unpaired) electrons. The molecule has 0 bridgehead atoms.